The van der Waals surface area contributed by atoms with Gasteiger partial charge in [-0.3, -0.25) is 9.59 Å². The van der Waals surface area contributed by atoms with E-state index in [2.05, 4.69) is 40.8 Å². The van der Waals surface area contributed by atoms with Crippen LogP contribution in [0.3, 0.4) is 0 Å². The van der Waals surface area contributed by atoms with E-state index in [4.69, 9.17) is 0 Å². The molecule has 6 nitrogen and oxygen atoms in total. The summed E-state index contributed by atoms with van der Waals surface area (Å²) < 4.78 is 0. The van der Waals surface area contributed by atoms with Crippen molar-refractivity contribution in [1.29, 1.82) is 0 Å². The quantitative estimate of drug-likeness (QED) is 0.575. The van der Waals surface area contributed by atoms with Crippen molar-refractivity contribution in [1.82, 2.24) is 10.2 Å². The molecule has 0 aliphatic carbocycles. The minimum Gasteiger partial charge on any atom is -0.376 e. The number of rotatable bonds is 10. The molecule has 0 saturated carbocycles. The number of amides is 2. The Morgan fingerprint density at radius 2 is 1.66 bits per heavy atom. The molecule has 0 spiro atoms. The van der Waals surface area contributed by atoms with Gasteiger partial charge in [0, 0.05) is 30.0 Å². The molecule has 0 fully saturated rings. The number of aryl methyl sites for hydroxylation is 2. The zero-order valence-corrected chi connectivity index (χ0v) is 17.8. The van der Waals surface area contributed by atoms with Gasteiger partial charge in [-0.05, 0) is 62.8 Å². The van der Waals surface area contributed by atoms with Crippen LogP contribution in [0.4, 0.5) is 11.4 Å². The number of hydrogen-bond donors (Lipinski definition) is 3. The van der Waals surface area contributed by atoms with Crippen LogP contribution in [0, 0.1) is 13.8 Å². The standard InChI is InChI=1S/C23H32N4O2/c1-5-27(6-2)14-13-24-23(29)19-8-10-20(11-9-19)26-22(28)16-25-21-12-7-17(3)15-18(21)4/h7-12,15,25H,5-6,13-14,16H2,1-4H3,(H,24,29)(H,26,28). The molecule has 2 amide bonds. The van der Waals surface area contributed by atoms with Gasteiger partial charge < -0.3 is 20.9 Å². The van der Waals surface area contributed by atoms with Gasteiger partial charge in [-0.25, -0.2) is 0 Å². The second-order valence-corrected chi connectivity index (χ2v) is 7.08. The molecule has 0 radical (unpaired) electrons. The Balaban J connectivity index is 1.80. The van der Waals surface area contributed by atoms with Gasteiger partial charge in [0.05, 0.1) is 6.54 Å². The van der Waals surface area contributed by atoms with Crippen molar-refractivity contribution in [2.75, 3.05) is 43.4 Å². The van der Waals surface area contributed by atoms with E-state index in [0.717, 1.165) is 30.9 Å². The van der Waals surface area contributed by atoms with Crippen LogP contribution in [0.5, 0.6) is 0 Å². The second kappa shape index (κ2) is 11.2. The van der Waals surface area contributed by atoms with Crippen molar-refractivity contribution in [3.63, 3.8) is 0 Å². The molecule has 0 unspecified atom stereocenters. The number of hydrogen-bond acceptors (Lipinski definition) is 4. The molecular formula is C23H32N4O2. The van der Waals surface area contributed by atoms with Crippen LogP contribution in [0.15, 0.2) is 42.5 Å². The highest BCUT2D eigenvalue weighted by atomic mass is 16.2. The molecule has 0 heterocycles. The number of nitrogens with zero attached hydrogens (tertiary/aromatic N) is 1. The first-order valence-electron chi connectivity index (χ1n) is 10.1. The summed E-state index contributed by atoms with van der Waals surface area (Å²) in [7, 11) is 0. The summed E-state index contributed by atoms with van der Waals surface area (Å²) in [6.45, 7) is 11.8. The van der Waals surface area contributed by atoms with Gasteiger partial charge in [-0.2, -0.15) is 0 Å². The van der Waals surface area contributed by atoms with Crippen molar-refractivity contribution in [3.8, 4) is 0 Å². The van der Waals surface area contributed by atoms with Crippen LogP contribution in [-0.2, 0) is 4.79 Å². The van der Waals surface area contributed by atoms with Gasteiger partial charge in [0.1, 0.15) is 0 Å². The smallest absolute Gasteiger partial charge is 0.251 e. The highest BCUT2D eigenvalue weighted by Gasteiger charge is 2.08. The molecule has 2 rings (SSSR count). The first-order chi connectivity index (χ1) is 13.9. The number of carbonyl (C=O) groups is 2. The molecule has 2 aromatic rings. The highest BCUT2D eigenvalue weighted by Crippen LogP contribution is 2.16. The van der Waals surface area contributed by atoms with Gasteiger partial charge in [0.15, 0.2) is 0 Å². The van der Waals surface area contributed by atoms with Crippen molar-refractivity contribution >= 4 is 23.2 Å². The molecule has 29 heavy (non-hydrogen) atoms. The van der Waals surface area contributed by atoms with E-state index in [-0.39, 0.29) is 18.4 Å². The van der Waals surface area contributed by atoms with E-state index >= 15 is 0 Å². The third-order valence-corrected chi connectivity index (χ3v) is 4.86. The molecule has 0 aliphatic rings. The Morgan fingerprint density at radius 1 is 0.966 bits per heavy atom. The third-order valence-electron chi connectivity index (χ3n) is 4.86. The summed E-state index contributed by atoms with van der Waals surface area (Å²) in [5.74, 6) is -0.243. The molecule has 2 aromatic carbocycles. The van der Waals surface area contributed by atoms with Crippen LogP contribution in [0.1, 0.15) is 35.3 Å². The normalized spacial score (nSPS) is 10.7. The van der Waals surface area contributed by atoms with Crippen molar-refractivity contribution in [2.45, 2.75) is 27.7 Å². The van der Waals surface area contributed by atoms with Crippen molar-refractivity contribution < 1.29 is 9.59 Å². The van der Waals surface area contributed by atoms with E-state index in [1.807, 2.05) is 26.0 Å². The summed E-state index contributed by atoms with van der Waals surface area (Å²) in [6, 6.07) is 13.0. The molecule has 0 atom stereocenters. The number of anilines is 2. The van der Waals surface area contributed by atoms with E-state index < -0.39 is 0 Å². The van der Waals surface area contributed by atoms with Crippen LogP contribution >= 0.6 is 0 Å². The lowest BCUT2D eigenvalue weighted by atomic mass is 10.1. The molecule has 0 aliphatic heterocycles. The highest BCUT2D eigenvalue weighted by molar-refractivity contribution is 5.96. The molecule has 156 valence electrons. The zero-order valence-electron chi connectivity index (χ0n) is 17.8. The Hall–Kier alpha value is -2.86. The predicted molar refractivity (Wildman–Crippen MR) is 120 cm³/mol. The number of likely N-dealkylation sites (N-methyl/N-ethyl adjacent to an activating group) is 1. The van der Waals surface area contributed by atoms with Crippen molar-refractivity contribution in [3.05, 3.63) is 59.2 Å². The lowest BCUT2D eigenvalue weighted by molar-refractivity contribution is -0.114. The molecule has 0 bridgehead atoms. The fourth-order valence-corrected chi connectivity index (χ4v) is 3.07. The van der Waals surface area contributed by atoms with Gasteiger partial charge >= 0.3 is 0 Å². The average Bonchev–Trinajstić information content (AvgIpc) is 2.71. The van der Waals surface area contributed by atoms with E-state index in [0.29, 0.717) is 17.8 Å². The summed E-state index contributed by atoms with van der Waals surface area (Å²) in [5, 5.41) is 8.92. The number of carbonyl (C=O) groups excluding carboxylic acids is 2. The summed E-state index contributed by atoms with van der Waals surface area (Å²) in [6.07, 6.45) is 0. The Kier molecular flexibility index (Phi) is 8.68. The fourth-order valence-electron chi connectivity index (χ4n) is 3.07. The SMILES string of the molecule is CCN(CC)CCNC(=O)c1ccc(NC(=O)CNc2ccc(C)cc2C)cc1. The minimum atomic E-state index is -0.138. The number of nitrogens with one attached hydrogen (secondary N) is 3. The Labute approximate surface area is 173 Å². The second-order valence-electron chi connectivity index (χ2n) is 7.08. The maximum absolute atomic E-state index is 12.2. The monoisotopic (exact) mass is 396 g/mol. The lowest BCUT2D eigenvalue weighted by Crippen LogP contribution is -2.34. The Bertz CT molecular complexity index is 814. The predicted octanol–water partition coefficient (Wildman–Crippen LogP) is 3.43. The van der Waals surface area contributed by atoms with Gasteiger partial charge in [-0.15, -0.1) is 0 Å². The van der Waals surface area contributed by atoms with Gasteiger partial charge in [0.2, 0.25) is 5.91 Å². The first-order valence-corrected chi connectivity index (χ1v) is 10.1. The fraction of sp³-hybridized carbons (Fsp3) is 0.391. The minimum absolute atomic E-state index is 0.105. The molecule has 6 heteroatoms. The van der Waals surface area contributed by atoms with E-state index in [9.17, 15) is 9.59 Å². The lowest BCUT2D eigenvalue weighted by Gasteiger charge is -2.18. The van der Waals surface area contributed by atoms with E-state index in [1.54, 1.807) is 24.3 Å². The zero-order chi connectivity index (χ0) is 21.2. The summed E-state index contributed by atoms with van der Waals surface area (Å²) in [4.78, 5) is 26.7. The molecular weight excluding hydrogens is 364 g/mol. The van der Waals surface area contributed by atoms with Crippen LogP contribution < -0.4 is 16.0 Å². The summed E-state index contributed by atoms with van der Waals surface area (Å²) >= 11 is 0. The average molecular weight is 397 g/mol. The maximum atomic E-state index is 12.2. The Morgan fingerprint density at radius 3 is 2.28 bits per heavy atom. The third kappa shape index (κ3) is 7.23. The van der Waals surface area contributed by atoms with Crippen LogP contribution in [-0.4, -0.2) is 49.4 Å². The molecule has 0 saturated heterocycles. The topological polar surface area (TPSA) is 73.5 Å². The molecule has 0 aromatic heterocycles. The first kappa shape index (κ1) is 22.4. The number of benzene rings is 2. The van der Waals surface area contributed by atoms with Crippen molar-refractivity contribution in [2.24, 2.45) is 0 Å². The largest absolute Gasteiger partial charge is 0.376 e. The van der Waals surface area contributed by atoms with E-state index in [1.165, 1.54) is 5.56 Å². The van der Waals surface area contributed by atoms with Crippen LogP contribution in [0.25, 0.3) is 0 Å². The van der Waals surface area contributed by atoms with Crippen LogP contribution in [0.2, 0.25) is 0 Å². The van der Waals surface area contributed by atoms with Gasteiger partial charge in [-0.1, -0.05) is 31.5 Å². The molecule has 3 N–H and O–H groups in total. The van der Waals surface area contributed by atoms with Gasteiger partial charge in [0.25, 0.3) is 5.91 Å². The summed E-state index contributed by atoms with van der Waals surface area (Å²) in [5.41, 5.74) is 4.49. The maximum Gasteiger partial charge on any atom is 0.251 e.